The number of carbonyl (C=O) groups is 1. The van der Waals surface area contributed by atoms with Crippen molar-refractivity contribution in [2.24, 2.45) is 11.8 Å². The molecule has 1 amide bonds. The molecule has 0 aromatic rings. The van der Waals surface area contributed by atoms with E-state index in [4.69, 9.17) is 0 Å². The number of piperidine rings is 1. The molecule has 21 heavy (non-hydrogen) atoms. The molecule has 1 heterocycles. The molecule has 0 radical (unpaired) electrons. The second-order valence-corrected chi connectivity index (χ2v) is 8.28. The summed E-state index contributed by atoms with van der Waals surface area (Å²) in [6.45, 7) is 0.886. The predicted octanol–water partition coefficient (Wildman–Crippen LogP) is 0.325. The molecule has 1 aliphatic heterocycles. The lowest BCUT2D eigenvalue weighted by molar-refractivity contribution is -0.127. The number of aliphatic hydroxyl groups is 1. The Morgan fingerprint density at radius 1 is 1.24 bits per heavy atom. The molecule has 0 bridgehead atoms. The van der Waals surface area contributed by atoms with Crippen molar-refractivity contribution in [1.29, 1.82) is 0 Å². The molecule has 3 atom stereocenters. The highest BCUT2D eigenvalue weighted by Crippen LogP contribution is 2.25. The summed E-state index contributed by atoms with van der Waals surface area (Å²) in [5.41, 5.74) is 0. The molecule has 2 aliphatic rings. The first kappa shape index (κ1) is 16.7. The van der Waals surface area contributed by atoms with Crippen molar-refractivity contribution in [3.05, 3.63) is 0 Å². The topological polar surface area (TPSA) is 86.7 Å². The quantitative estimate of drug-likeness (QED) is 0.782. The van der Waals surface area contributed by atoms with E-state index in [0.717, 1.165) is 38.5 Å². The molecule has 1 saturated carbocycles. The van der Waals surface area contributed by atoms with Crippen molar-refractivity contribution in [2.75, 3.05) is 26.0 Å². The molecule has 0 aromatic carbocycles. The zero-order chi connectivity index (χ0) is 15.5. The van der Waals surface area contributed by atoms with Crippen LogP contribution < -0.4 is 5.32 Å². The van der Waals surface area contributed by atoms with E-state index in [1.165, 1.54) is 10.6 Å². The maximum atomic E-state index is 12.4. The SMILES string of the molecule is CS(=O)(=O)N1CCCC(C(=O)NC2CCCCC2CO)C1. The lowest BCUT2D eigenvalue weighted by atomic mass is 9.84. The number of nitrogens with one attached hydrogen (secondary N) is 1. The molecule has 2 N–H and O–H groups in total. The van der Waals surface area contributed by atoms with Crippen molar-refractivity contribution < 1.29 is 18.3 Å². The third kappa shape index (κ3) is 4.40. The molecule has 2 fully saturated rings. The van der Waals surface area contributed by atoms with E-state index in [-0.39, 0.29) is 36.9 Å². The third-order valence-electron chi connectivity index (χ3n) is 4.70. The Morgan fingerprint density at radius 2 is 1.95 bits per heavy atom. The van der Waals surface area contributed by atoms with Crippen LogP contribution in [0.25, 0.3) is 0 Å². The average molecular weight is 318 g/mol. The normalized spacial score (nSPS) is 31.8. The summed E-state index contributed by atoms with van der Waals surface area (Å²) >= 11 is 0. The fraction of sp³-hybridized carbons (Fsp3) is 0.929. The van der Waals surface area contributed by atoms with Crippen LogP contribution in [0, 0.1) is 11.8 Å². The Hall–Kier alpha value is -0.660. The summed E-state index contributed by atoms with van der Waals surface area (Å²) in [7, 11) is -3.23. The van der Waals surface area contributed by atoms with Gasteiger partial charge < -0.3 is 10.4 Å². The molecule has 0 aromatic heterocycles. The second-order valence-electron chi connectivity index (χ2n) is 6.30. The maximum Gasteiger partial charge on any atom is 0.224 e. The van der Waals surface area contributed by atoms with Gasteiger partial charge in [-0.1, -0.05) is 12.8 Å². The number of amides is 1. The van der Waals surface area contributed by atoms with Crippen LogP contribution in [0.2, 0.25) is 0 Å². The molecular weight excluding hydrogens is 292 g/mol. The number of rotatable bonds is 4. The summed E-state index contributed by atoms with van der Waals surface area (Å²) in [6.07, 6.45) is 6.66. The molecule has 1 saturated heterocycles. The molecule has 1 aliphatic carbocycles. The van der Waals surface area contributed by atoms with Gasteiger partial charge in [0.2, 0.25) is 15.9 Å². The Morgan fingerprint density at radius 3 is 2.62 bits per heavy atom. The number of aliphatic hydroxyl groups excluding tert-OH is 1. The van der Waals surface area contributed by atoms with Gasteiger partial charge in [0, 0.05) is 31.7 Å². The molecule has 2 rings (SSSR count). The van der Waals surface area contributed by atoms with Gasteiger partial charge in [0.15, 0.2) is 0 Å². The summed E-state index contributed by atoms with van der Waals surface area (Å²) in [6, 6.07) is 0.0323. The minimum atomic E-state index is -3.23. The van der Waals surface area contributed by atoms with Gasteiger partial charge in [-0.15, -0.1) is 0 Å². The highest BCUT2D eigenvalue weighted by Gasteiger charge is 2.33. The van der Waals surface area contributed by atoms with Crippen LogP contribution in [0.5, 0.6) is 0 Å². The predicted molar refractivity (Wildman–Crippen MR) is 80.1 cm³/mol. The molecule has 122 valence electrons. The van der Waals surface area contributed by atoms with Gasteiger partial charge >= 0.3 is 0 Å². The van der Waals surface area contributed by atoms with Crippen LogP contribution in [0.4, 0.5) is 0 Å². The Kier molecular flexibility index (Phi) is 5.62. The van der Waals surface area contributed by atoms with Gasteiger partial charge in [-0.05, 0) is 25.7 Å². The summed E-state index contributed by atoms with van der Waals surface area (Å²) in [5.74, 6) is -0.194. The summed E-state index contributed by atoms with van der Waals surface area (Å²) in [4.78, 5) is 12.4. The number of nitrogens with zero attached hydrogens (tertiary/aromatic N) is 1. The largest absolute Gasteiger partial charge is 0.396 e. The minimum absolute atomic E-state index is 0.0323. The number of hydrogen-bond acceptors (Lipinski definition) is 4. The van der Waals surface area contributed by atoms with E-state index < -0.39 is 10.0 Å². The molecule has 6 nitrogen and oxygen atoms in total. The highest BCUT2D eigenvalue weighted by atomic mass is 32.2. The second kappa shape index (κ2) is 7.07. The Labute approximate surface area is 126 Å². The van der Waals surface area contributed by atoms with Gasteiger partial charge in [-0.25, -0.2) is 12.7 Å². The van der Waals surface area contributed by atoms with Gasteiger partial charge in [-0.2, -0.15) is 0 Å². The Bertz CT molecular complexity index is 466. The van der Waals surface area contributed by atoms with E-state index in [0.29, 0.717) is 6.54 Å². The number of carbonyl (C=O) groups excluding carboxylic acids is 1. The zero-order valence-corrected chi connectivity index (χ0v) is 13.4. The van der Waals surface area contributed by atoms with E-state index in [9.17, 15) is 18.3 Å². The fourth-order valence-electron chi connectivity index (χ4n) is 3.37. The van der Waals surface area contributed by atoms with E-state index in [2.05, 4.69) is 5.32 Å². The number of hydrogen-bond donors (Lipinski definition) is 2. The van der Waals surface area contributed by atoms with Crippen LogP contribution in [0.1, 0.15) is 38.5 Å². The molecule has 7 heteroatoms. The highest BCUT2D eigenvalue weighted by molar-refractivity contribution is 7.88. The lowest BCUT2D eigenvalue weighted by Gasteiger charge is -2.34. The first-order valence-corrected chi connectivity index (χ1v) is 9.63. The summed E-state index contributed by atoms with van der Waals surface area (Å²) in [5, 5.41) is 12.4. The molecule has 3 unspecified atom stereocenters. The van der Waals surface area contributed by atoms with Crippen LogP contribution in [-0.2, 0) is 14.8 Å². The standard InChI is InChI=1S/C14H26N2O4S/c1-21(19,20)16-8-4-6-11(9-16)14(18)15-13-7-3-2-5-12(13)10-17/h11-13,17H,2-10H2,1H3,(H,15,18). The number of sulfonamides is 1. The van der Waals surface area contributed by atoms with E-state index in [1.54, 1.807) is 0 Å². The van der Waals surface area contributed by atoms with Crippen molar-refractivity contribution in [1.82, 2.24) is 9.62 Å². The van der Waals surface area contributed by atoms with Crippen molar-refractivity contribution in [3.63, 3.8) is 0 Å². The van der Waals surface area contributed by atoms with Gasteiger partial charge in [0.25, 0.3) is 0 Å². The average Bonchev–Trinajstić information content (AvgIpc) is 2.47. The smallest absolute Gasteiger partial charge is 0.224 e. The van der Waals surface area contributed by atoms with Crippen LogP contribution in [-0.4, -0.2) is 55.7 Å². The van der Waals surface area contributed by atoms with Crippen molar-refractivity contribution in [3.8, 4) is 0 Å². The Balaban J connectivity index is 1.93. The van der Waals surface area contributed by atoms with Crippen molar-refractivity contribution in [2.45, 2.75) is 44.6 Å². The van der Waals surface area contributed by atoms with E-state index in [1.807, 2.05) is 0 Å². The molecule has 0 spiro atoms. The van der Waals surface area contributed by atoms with Gasteiger partial charge in [0.05, 0.1) is 12.2 Å². The van der Waals surface area contributed by atoms with E-state index >= 15 is 0 Å². The van der Waals surface area contributed by atoms with Gasteiger partial charge in [0.1, 0.15) is 0 Å². The fourth-order valence-corrected chi connectivity index (χ4v) is 4.29. The zero-order valence-electron chi connectivity index (χ0n) is 12.6. The minimum Gasteiger partial charge on any atom is -0.396 e. The monoisotopic (exact) mass is 318 g/mol. The van der Waals surface area contributed by atoms with Crippen LogP contribution in [0.15, 0.2) is 0 Å². The molecular formula is C14H26N2O4S. The van der Waals surface area contributed by atoms with Gasteiger partial charge in [-0.3, -0.25) is 4.79 Å². The first-order chi connectivity index (χ1) is 9.91. The first-order valence-electron chi connectivity index (χ1n) is 7.78. The summed E-state index contributed by atoms with van der Waals surface area (Å²) < 4.78 is 24.6. The lowest BCUT2D eigenvalue weighted by Crippen LogP contribution is -2.50. The van der Waals surface area contributed by atoms with Crippen molar-refractivity contribution >= 4 is 15.9 Å². The maximum absolute atomic E-state index is 12.4. The third-order valence-corrected chi connectivity index (χ3v) is 5.96. The van der Waals surface area contributed by atoms with Crippen LogP contribution in [0.3, 0.4) is 0 Å². The van der Waals surface area contributed by atoms with Crippen LogP contribution >= 0.6 is 0 Å².